The van der Waals surface area contributed by atoms with Crippen LogP contribution in [0.25, 0.3) is 0 Å². The number of rotatable bonds is 1. The third-order valence-corrected chi connectivity index (χ3v) is 6.25. The summed E-state index contributed by atoms with van der Waals surface area (Å²) in [5.74, 6) is 0.908. The second-order valence-corrected chi connectivity index (χ2v) is 8.30. The number of nitrogens with zero attached hydrogens (tertiary/aromatic N) is 1. The van der Waals surface area contributed by atoms with Gasteiger partial charge in [-0.15, -0.1) is 0 Å². The highest BCUT2D eigenvalue weighted by atomic mass is 127. The summed E-state index contributed by atoms with van der Waals surface area (Å²) in [4.78, 5) is 2.78. The molecule has 0 aromatic rings. The second kappa shape index (κ2) is 5.13. The molecular weight excluding hydrogens is 309 g/mol. The molecule has 94 valence electrons. The number of halogens is 1. The van der Waals surface area contributed by atoms with Crippen LogP contribution in [0.15, 0.2) is 0 Å². The molecule has 0 spiro atoms. The normalized spacial score (nSPS) is 37.5. The van der Waals surface area contributed by atoms with Crippen molar-refractivity contribution in [3.05, 3.63) is 0 Å². The highest BCUT2D eigenvalue weighted by Crippen LogP contribution is 2.42. The molecule has 0 radical (unpaired) electrons. The van der Waals surface area contributed by atoms with Gasteiger partial charge in [0.2, 0.25) is 0 Å². The Morgan fingerprint density at radius 1 is 1.06 bits per heavy atom. The zero-order valence-electron chi connectivity index (χ0n) is 11.0. The van der Waals surface area contributed by atoms with Crippen LogP contribution < -0.4 is 0 Å². The van der Waals surface area contributed by atoms with Gasteiger partial charge in [0.25, 0.3) is 0 Å². The van der Waals surface area contributed by atoms with Gasteiger partial charge in [0.15, 0.2) is 0 Å². The van der Waals surface area contributed by atoms with Crippen molar-refractivity contribution in [3.63, 3.8) is 0 Å². The first-order valence-electron chi connectivity index (χ1n) is 6.87. The van der Waals surface area contributed by atoms with Crippen LogP contribution >= 0.6 is 22.6 Å². The molecule has 1 saturated heterocycles. The highest BCUT2D eigenvalue weighted by molar-refractivity contribution is 14.1. The van der Waals surface area contributed by atoms with Crippen molar-refractivity contribution in [3.8, 4) is 0 Å². The first-order chi connectivity index (χ1) is 7.49. The zero-order valence-corrected chi connectivity index (χ0v) is 13.2. The predicted molar refractivity (Wildman–Crippen MR) is 79.2 cm³/mol. The summed E-state index contributed by atoms with van der Waals surface area (Å²) in [6, 6.07) is 0.884. The Morgan fingerprint density at radius 2 is 1.69 bits per heavy atom. The van der Waals surface area contributed by atoms with E-state index in [2.05, 4.69) is 48.3 Å². The minimum absolute atomic E-state index is 0.560. The number of likely N-dealkylation sites (tertiary alicyclic amines) is 1. The Morgan fingerprint density at radius 3 is 2.25 bits per heavy atom. The van der Waals surface area contributed by atoms with Crippen LogP contribution in [-0.2, 0) is 0 Å². The molecule has 16 heavy (non-hydrogen) atoms. The van der Waals surface area contributed by atoms with Gasteiger partial charge in [-0.05, 0) is 56.5 Å². The van der Waals surface area contributed by atoms with Gasteiger partial charge in [0.05, 0.1) is 0 Å². The largest absolute Gasteiger partial charge is 0.300 e. The quantitative estimate of drug-likeness (QED) is 0.515. The Balaban J connectivity index is 1.91. The summed E-state index contributed by atoms with van der Waals surface area (Å²) >= 11 is 2.62. The molecule has 1 saturated carbocycles. The zero-order chi connectivity index (χ0) is 11.8. The fourth-order valence-electron chi connectivity index (χ4n) is 3.29. The Labute approximate surface area is 114 Å². The van der Waals surface area contributed by atoms with E-state index in [1.807, 2.05) is 0 Å². The lowest BCUT2D eigenvalue weighted by Gasteiger charge is -2.46. The van der Waals surface area contributed by atoms with Gasteiger partial charge >= 0.3 is 0 Å². The van der Waals surface area contributed by atoms with Crippen molar-refractivity contribution < 1.29 is 0 Å². The van der Waals surface area contributed by atoms with Gasteiger partial charge in [0.1, 0.15) is 0 Å². The molecule has 0 bridgehead atoms. The molecule has 2 heteroatoms. The van der Waals surface area contributed by atoms with Gasteiger partial charge in [-0.1, -0.05) is 43.4 Å². The van der Waals surface area contributed by atoms with Crippen LogP contribution in [0.3, 0.4) is 0 Å². The van der Waals surface area contributed by atoms with Crippen molar-refractivity contribution in [2.45, 2.75) is 62.8 Å². The van der Waals surface area contributed by atoms with Crippen LogP contribution in [0.2, 0.25) is 0 Å². The van der Waals surface area contributed by atoms with E-state index in [9.17, 15) is 0 Å². The molecule has 0 aromatic heterocycles. The second-order valence-electron chi connectivity index (χ2n) is 6.54. The van der Waals surface area contributed by atoms with Crippen molar-refractivity contribution in [1.29, 1.82) is 0 Å². The number of alkyl halides is 1. The third kappa shape index (κ3) is 2.92. The van der Waals surface area contributed by atoms with E-state index in [-0.39, 0.29) is 0 Å². The SMILES string of the molecule is C[C@@H]1CC[C@@H](N2CCC(I)CC2)CC1(C)C. The summed E-state index contributed by atoms with van der Waals surface area (Å²) in [6.07, 6.45) is 7.11. The Hall–Kier alpha value is 0.690. The van der Waals surface area contributed by atoms with Crippen molar-refractivity contribution in [2.24, 2.45) is 11.3 Å². The third-order valence-electron chi connectivity index (χ3n) is 5.00. The molecule has 2 fully saturated rings. The molecular formula is C14H26IN. The maximum atomic E-state index is 2.78. The van der Waals surface area contributed by atoms with Crippen molar-refractivity contribution in [2.75, 3.05) is 13.1 Å². The van der Waals surface area contributed by atoms with E-state index in [0.717, 1.165) is 15.9 Å². The van der Waals surface area contributed by atoms with Gasteiger partial charge in [0, 0.05) is 9.97 Å². The fourth-order valence-corrected chi connectivity index (χ4v) is 3.85. The molecule has 1 heterocycles. The molecule has 2 atom stereocenters. The standard InChI is InChI=1S/C14H26IN/c1-11-4-5-13(10-14(11,2)3)16-8-6-12(15)7-9-16/h11-13H,4-10H2,1-3H3/t11-,13-/m1/s1. The van der Waals surface area contributed by atoms with Gasteiger partial charge in [-0.25, -0.2) is 0 Å². The number of piperidine rings is 1. The molecule has 2 aliphatic rings. The average molecular weight is 335 g/mol. The number of hydrogen-bond donors (Lipinski definition) is 0. The van der Waals surface area contributed by atoms with E-state index >= 15 is 0 Å². The molecule has 0 N–H and O–H groups in total. The topological polar surface area (TPSA) is 3.24 Å². The Bertz CT molecular complexity index is 231. The molecule has 1 nitrogen and oxygen atoms in total. The first kappa shape index (κ1) is 13.1. The lowest BCUT2D eigenvalue weighted by molar-refractivity contribution is 0.0469. The van der Waals surface area contributed by atoms with Gasteiger partial charge in [-0.3, -0.25) is 0 Å². The van der Waals surface area contributed by atoms with E-state index in [1.165, 1.54) is 45.2 Å². The summed E-state index contributed by atoms with van der Waals surface area (Å²) < 4.78 is 0.935. The van der Waals surface area contributed by atoms with Crippen molar-refractivity contribution in [1.82, 2.24) is 4.90 Å². The molecule has 0 amide bonds. The fraction of sp³-hybridized carbons (Fsp3) is 1.00. The predicted octanol–water partition coefficient (Wildman–Crippen LogP) is 4.10. The smallest absolute Gasteiger partial charge is 0.0134 e. The summed E-state index contributed by atoms with van der Waals surface area (Å²) in [5.41, 5.74) is 0.560. The molecule has 1 aliphatic carbocycles. The van der Waals surface area contributed by atoms with Crippen LogP contribution in [0.4, 0.5) is 0 Å². The van der Waals surface area contributed by atoms with Gasteiger partial charge in [-0.2, -0.15) is 0 Å². The summed E-state index contributed by atoms with van der Waals surface area (Å²) in [6.45, 7) is 10.1. The molecule has 2 rings (SSSR count). The maximum absolute atomic E-state index is 2.78. The van der Waals surface area contributed by atoms with Crippen molar-refractivity contribution >= 4 is 22.6 Å². The number of hydrogen-bond acceptors (Lipinski definition) is 1. The average Bonchev–Trinajstić information content (AvgIpc) is 2.23. The minimum atomic E-state index is 0.560. The van der Waals surface area contributed by atoms with Gasteiger partial charge < -0.3 is 4.90 Å². The van der Waals surface area contributed by atoms with Crippen LogP contribution in [0.5, 0.6) is 0 Å². The lowest BCUT2D eigenvalue weighted by atomic mass is 9.67. The highest BCUT2D eigenvalue weighted by Gasteiger charge is 2.36. The minimum Gasteiger partial charge on any atom is -0.300 e. The van der Waals surface area contributed by atoms with E-state index in [1.54, 1.807) is 0 Å². The van der Waals surface area contributed by atoms with E-state index in [4.69, 9.17) is 0 Å². The van der Waals surface area contributed by atoms with Crippen LogP contribution in [-0.4, -0.2) is 28.0 Å². The molecule has 0 unspecified atom stereocenters. The van der Waals surface area contributed by atoms with E-state index < -0.39 is 0 Å². The lowest BCUT2D eigenvalue weighted by Crippen LogP contribution is -2.47. The summed E-state index contributed by atoms with van der Waals surface area (Å²) in [5, 5.41) is 0. The first-order valence-corrected chi connectivity index (χ1v) is 8.12. The maximum Gasteiger partial charge on any atom is 0.0134 e. The van der Waals surface area contributed by atoms with Crippen LogP contribution in [0, 0.1) is 11.3 Å². The summed E-state index contributed by atoms with van der Waals surface area (Å²) in [7, 11) is 0. The Kier molecular flexibility index (Phi) is 4.21. The molecule has 1 aliphatic heterocycles. The van der Waals surface area contributed by atoms with E-state index in [0.29, 0.717) is 5.41 Å². The molecule has 0 aromatic carbocycles. The monoisotopic (exact) mass is 335 g/mol. The van der Waals surface area contributed by atoms with Crippen LogP contribution in [0.1, 0.15) is 52.9 Å².